The van der Waals surface area contributed by atoms with Crippen molar-refractivity contribution in [2.24, 2.45) is 26.6 Å². The minimum Gasteiger partial charge on any atom is -0.386 e. The number of nitrogens with one attached hydrogen (secondary N) is 1. The first-order valence-corrected chi connectivity index (χ1v) is 8.74. The SMILES string of the molecule is N=S(=O)(O)/N=C(\N)CCSCc1csc(N=C(N)N)n1. The van der Waals surface area contributed by atoms with E-state index in [-0.39, 0.29) is 11.8 Å². The second-order valence-electron chi connectivity index (χ2n) is 3.54. The molecular weight excluding hydrogens is 322 g/mol. The number of nitrogens with zero attached hydrogens (tertiary/aromatic N) is 3. The van der Waals surface area contributed by atoms with Crippen LogP contribution in [0.1, 0.15) is 12.1 Å². The number of thioether (sulfide) groups is 1. The summed E-state index contributed by atoms with van der Waals surface area (Å²) in [6.45, 7) is 0. The van der Waals surface area contributed by atoms with Crippen LogP contribution >= 0.6 is 23.1 Å². The molecule has 9 nitrogen and oxygen atoms in total. The fourth-order valence-electron chi connectivity index (χ4n) is 1.08. The summed E-state index contributed by atoms with van der Waals surface area (Å²) in [6, 6.07) is 0. The molecule has 112 valence electrons. The summed E-state index contributed by atoms with van der Waals surface area (Å²) in [5.74, 6) is 1.18. The minimum absolute atomic E-state index is 0.0144. The summed E-state index contributed by atoms with van der Waals surface area (Å²) in [5, 5.41) is 2.34. The van der Waals surface area contributed by atoms with Gasteiger partial charge in [0.1, 0.15) is 5.84 Å². The van der Waals surface area contributed by atoms with Crippen LogP contribution in [0.2, 0.25) is 0 Å². The van der Waals surface area contributed by atoms with Gasteiger partial charge >= 0.3 is 0 Å². The number of guanidine groups is 1. The Morgan fingerprint density at radius 1 is 1.55 bits per heavy atom. The molecule has 12 heteroatoms. The number of hydrogen-bond donors (Lipinski definition) is 5. The maximum atomic E-state index is 10.6. The van der Waals surface area contributed by atoms with Crippen molar-refractivity contribution in [3.63, 3.8) is 0 Å². The van der Waals surface area contributed by atoms with E-state index in [2.05, 4.69) is 14.4 Å². The lowest BCUT2D eigenvalue weighted by molar-refractivity contribution is 0.550. The van der Waals surface area contributed by atoms with Gasteiger partial charge in [-0.1, -0.05) is 0 Å². The first kappa shape index (κ1) is 16.7. The second kappa shape index (κ2) is 7.42. The van der Waals surface area contributed by atoms with Crippen LogP contribution in [0.15, 0.2) is 14.8 Å². The Bertz CT molecular complexity index is 603. The summed E-state index contributed by atoms with van der Waals surface area (Å²) < 4.78 is 29.2. The standard InChI is InChI=1S/C8H15N7O2S3/c9-6(15-20(12,16)17)1-2-18-3-5-4-19-8(13-5)14-7(10)11/h4H,1-3H2,(H4,10,11,13,14)(H4,9,12,15,16,17). The van der Waals surface area contributed by atoms with E-state index < -0.39 is 10.2 Å². The van der Waals surface area contributed by atoms with Crippen molar-refractivity contribution in [2.75, 3.05) is 5.75 Å². The highest BCUT2D eigenvalue weighted by molar-refractivity contribution is 7.98. The summed E-state index contributed by atoms with van der Waals surface area (Å²) in [7, 11) is -3.92. The molecule has 0 aliphatic rings. The molecular formula is C8H15N7O2S3. The van der Waals surface area contributed by atoms with Gasteiger partial charge in [-0.25, -0.2) is 9.76 Å². The summed E-state index contributed by atoms with van der Waals surface area (Å²) in [6.07, 6.45) is 0.325. The molecule has 1 aromatic rings. The van der Waals surface area contributed by atoms with Crippen molar-refractivity contribution in [3.05, 3.63) is 11.1 Å². The number of thiazole rings is 1. The third-order valence-corrected chi connectivity index (χ3v) is 4.02. The van der Waals surface area contributed by atoms with E-state index in [0.29, 0.717) is 23.1 Å². The van der Waals surface area contributed by atoms with Gasteiger partial charge in [0, 0.05) is 23.3 Å². The Kier molecular flexibility index (Phi) is 6.19. The van der Waals surface area contributed by atoms with E-state index in [0.717, 1.165) is 5.69 Å². The van der Waals surface area contributed by atoms with Gasteiger partial charge in [-0.05, 0) is 0 Å². The molecule has 0 aliphatic heterocycles. The molecule has 1 unspecified atom stereocenters. The number of rotatable bonds is 7. The third-order valence-electron chi connectivity index (χ3n) is 1.76. The van der Waals surface area contributed by atoms with Gasteiger partial charge in [0.05, 0.1) is 5.69 Å². The average Bonchev–Trinajstić information content (AvgIpc) is 2.68. The number of aliphatic imine (C=N–C) groups is 1. The van der Waals surface area contributed by atoms with Gasteiger partial charge in [0.15, 0.2) is 5.96 Å². The number of hydrogen-bond acceptors (Lipinski definition) is 6. The van der Waals surface area contributed by atoms with Gasteiger partial charge in [-0.2, -0.15) is 21.0 Å². The topological polar surface area (TPSA) is 177 Å². The fraction of sp³-hybridized carbons (Fsp3) is 0.375. The van der Waals surface area contributed by atoms with E-state index in [1.165, 1.54) is 23.1 Å². The molecule has 0 aromatic carbocycles. The molecule has 0 saturated heterocycles. The maximum Gasteiger partial charge on any atom is 0.272 e. The van der Waals surface area contributed by atoms with E-state index in [1.54, 1.807) is 0 Å². The van der Waals surface area contributed by atoms with Crippen LogP contribution in [0.25, 0.3) is 0 Å². The largest absolute Gasteiger partial charge is 0.386 e. The molecule has 0 spiro atoms. The predicted octanol–water partition coefficient (Wildman–Crippen LogP) is 0.463. The highest BCUT2D eigenvalue weighted by atomic mass is 32.2. The highest BCUT2D eigenvalue weighted by Gasteiger charge is 2.03. The number of aromatic nitrogens is 1. The third kappa shape index (κ3) is 7.28. The molecule has 1 aromatic heterocycles. The first-order valence-electron chi connectivity index (χ1n) is 5.23. The van der Waals surface area contributed by atoms with E-state index in [1.807, 2.05) is 5.38 Å². The smallest absolute Gasteiger partial charge is 0.272 e. The van der Waals surface area contributed by atoms with Crippen LogP contribution < -0.4 is 17.2 Å². The minimum atomic E-state index is -3.92. The monoisotopic (exact) mass is 337 g/mol. The van der Waals surface area contributed by atoms with Gasteiger partial charge in [0.2, 0.25) is 5.13 Å². The summed E-state index contributed by atoms with van der Waals surface area (Å²) in [4.78, 5) is 8.03. The van der Waals surface area contributed by atoms with E-state index in [9.17, 15) is 4.21 Å². The zero-order valence-corrected chi connectivity index (χ0v) is 12.8. The lowest BCUT2D eigenvalue weighted by Gasteiger charge is -2.00. The van der Waals surface area contributed by atoms with Crippen LogP contribution in [0.4, 0.5) is 5.13 Å². The molecule has 1 rings (SSSR count). The van der Waals surface area contributed by atoms with E-state index >= 15 is 0 Å². The Labute approximate surface area is 124 Å². The number of amidine groups is 1. The molecule has 20 heavy (non-hydrogen) atoms. The Morgan fingerprint density at radius 3 is 2.85 bits per heavy atom. The van der Waals surface area contributed by atoms with Gasteiger partial charge < -0.3 is 17.2 Å². The van der Waals surface area contributed by atoms with Crippen molar-refractivity contribution in [1.82, 2.24) is 4.98 Å². The molecule has 0 radical (unpaired) electrons. The number of nitrogens with two attached hydrogens (primary N) is 3. The molecule has 0 fully saturated rings. The zero-order valence-electron chi connectivity index (χ0n) is 10.4. The Morgan fingerprint density at radius 2 is 2.25 bits per heavy atom. The van der Waals surface area contributed by atoms with Crippen molar-refractivity contribution in [1.29, 1.82) is 4.78 Å². The molecule has 8 N–H and O–H groups in total. The molecule has 0 bridgehead atoms. The van der Waals surface area contributed by atoms with Crippen LogP contribution in [0.3, 0.4) is 0 Å². The van der Waals surface area contributed by atoms with Crippen molar-refractivity contribution >= 4 is 50.2 Å². The van der Waals surface area contributed by atoms with Gasteiger partial charge in [0.25, 0.3) is 10.2 Å². The molecule has 0 saturated carbocycles. The van der Waals surface area contributed by atoms with Gasteiger partial charge in [-0.15, -0.1) is 15.7 Å². The predicted molar refractivity (Wildman–Crippen MR) is 83.5 cm³/mol. The summed E-state index contributed by atoms with van der Waals surface area (Å²) >= 11 is 2.86. The molecule has 1 atom stereocenters. The fourth-order valence-corrected chi connectivity index (χ4v) is 3.16. The van der Waals surface area contributed by atoms with Crippen LogP contribution in [0, 0.1) is 4.78 Å². The van der Waals surface area contributed by atoms with Crippen LogP contribution in [-0.4, -0.2) is 31.3 Å². The maximum absolute atomic E-state index is 10.6. The Balaban J connectivity index is 2.37. The average molecular weight is 337 g/mol. The second-order valence-corrected chi connectivity index (χ2v) is 6.66. The first-order chi connectivity index (χ1) is 9.26. The lowest BCUT2D eigenvalue weighted by atomic mass is 10.5. The van der Waals surface area contributed by atoms with Crippen LogP contribution in [0.5, 0.6) is 0 Å². The molecule has 1 heterocycles. The van der Waals surface area contributed by atoms with Crippen molar-refractivity contribution < 1.29 is 8.76 Å². The molecule has 0 aliphatic carbocycles. The zero-order chi connectivity index (χ0) is 15.2. The summed E-state index contributed by atoms with van der Waals surface area (Å²) in [5.41, 5.74) is 16.7. The van der Waals surface area contributed by atoms with Crippen molar-refractivity contribution in [2.45, 2.75) is 12.2 Å². The van der Waals surface area contributed by atoms with Crippen LogP contribution in [-0.2, 0) is 15.9 Å². The van der Waals surface area contributed by atoms with E-state index in [4.69, 9.17) is 26.5 Å². The van der Waals surface area contributed by atoms with Crippen molar-refractivity contribution in [3.8, 4) is 0 Å². The normalized spacial score (nSPS) is 14.8. The Hall–Kier alpha value is -1.37. The molecule has 0 amide bonds. The van der Waals surface area contributed by atoms with Gasteiger partial charge in [-0.3, -0.25) is 4.55 Å². The lowest BCUT2D eigenvalue weighted by Crippen LogP contribution is -2.21. The quantitative estimate of drug-likeness (QED) is 0.272. The highest BCUT2D eigenvalue weighted by Crippen LogP contribution is 2.21.